The highest BCUT2D eigenvalue weighted by Gasteiger charge is 2.61. The van der Waals surface area contributed by atoms with E-state index >= 15 is 0 Å². The van der Waals surface area contributed by atoms with E-state index < -0.39 is 12.6 Å². The highest BCUT2D eigenvalue weighted by molar-refractivity contribution is 6.34. The van der Waals surface area contributed by atoms with Gasteiger partial charge in [-0.25, -0.2) is 4.98 Å². The van der Waals surface area contributed by atoms with Crippen molar-refractivity contribution in [3.05, 3.63) is 45.2 Å². The van der Waals surface area contributed by atoms with Gasteiger partial charge in [-0.3, -0.25) is 0 Å². The summed E-state index contributed by atoms with van der Waals surface area (Å²) in [6.07, 6.45) is -5.41. The predicted octanol–water partition coefficient (Wildman–Crippen LogP) is 5.31. The molecule has 1 heterocycles. The molecule has 1 aromatic heterocycles. The number of hydrogen-bond donors (Lipinski definition) is 2. The monoisotopic (exact) mass is 377 g/mol. The average molecular weight is 378 g/mol. The summed E-state index contributed by atoms with van der Waals surface area (Å²) in [6.45, 7) is 3.97. The predicted molar refractivity (Wildman–Crippen MR) is 88.5 cm³/mol. The van der Waals surface area contributed by atoms with E-state index in [0.29, 0.717) is 15.7 Å². The van der Waals surface area contributed by atoms with Crippen molar-refractivity contribution < 1.29 is 13.2 Å². The Morgan fingerprint density at radius 3 is 2.29 bits per heavy atom. The molecule has 3 rings (SSSR count). The minimum absolute atomic E-state index is 0.00479. The van der Waals surface area contributed by atoms with Crippen LogP contribution < -0.4 is 5.73 Å². The number of aromatic amines is 1. The van der Waals surface area contributed by atoms with E-state index in [1.54, 1.807) is 18.2 Å². The number of aromatic nitrogens is 2. The second kappa shape index (κ2) is 5.56. The Morgan fingerprint density at radius 1 is 1.17 bits per heavy atom. The first-order valence-corrected chi connectivity index (χ1v) is 8.11. The molecule has 130 valence electrons. The van der Waals surface area contributed by atoms with Crippen LogP contribution >= 0.6 is 23.2 Å². The van der Waals surface area contributed by atoms with Gasteiger partial charge in [0.25, 0.3) is 0 Å². The van der Waals surface area contributed by atoms with E-state index in [2.05, 4.69) is 9.97 Å². The number of imidazole rings is 1. The number of H-pyrrole nitrogens is 1. The first-order chi connectivity index (χ1) is 11.0. The topological polar surface area (TPSA) is 54.7 Å². The van der Waals surface area contributed by atoms with Crippen molar-refractivity contribution in [3.8, 4) is 0 Å². The van der Waals surface area contributed by atoms with Crippen LogP contribution in [-0.4, -0.2) is 16.1 Å². The Balaban J connectivity index is 1.99. The number of alkyl halides is 3. The lowest BCUT2D eigenvalue weighted by molar-refractivity contribution is -0.127. The molecule has 2 unspecified atom stereocenters. The second-order valence-corrected chi connectivity index (χ2v) is 7.63. The van der Waals surface area contributed by atoms with Gasteiger partial charge in [0, 0.05) is 21.7 Å². The van der Waals surface area contributed by atoms with E-state index in [4.69, 9.17) is 28.9 Å². The van der Waals surface area contributed by atoms with Gasteiger partial charge in [0.2, 0.25) is 0 Å². The zero-order valence-electron chi connectivity index (χ0n) is 13.0. The lowest BCUT2D eigenvalue weighted by Crippen LogP contribution is -2.13. The van der Waals surface area contributed by atoms with E-state index in [1.807, 2.05) is 13.8 Å². The fraction of sp³-hybridized carbons (Fsp3) is 0.438. The molecule has 3 nitrogen and oxygen atoms in total. The third kappa shape index (κ3) is 3.22. The van der Waals surface area contributed by atoms with Gasteiger partial charge >= 0.3 is 6.18 Å². The quantitative estimate of drug-likeness (QED) is 0.761. The van der Waals surface area contributed by atoms with Crippen molar-refractivity contribution in [1.82, 2.24) is 9.97 Å². The Labute approximate surface area is 147 Å². The summed E-state index contributed by atoms with van der Waals surface area (Å²) in [5, 5.41) is 0.993. The van der Waals surface area contributed by atoms with Crippen LogP contribution in [0.25, 0.3) is 0 Å². The van der Waals surface area contributed by atoms with Gasteiger partial charge in [-0.2, -0.15) is 13.2 Å². The van der Waals surface area contributed by atoms with Gasteiger partial charge in [-0.1, -0.05) is 37.0 Å². The lowest BCUT2D eigenvalue weighted by atomic mass is 10.0. The van der Waals surface area contributed by atoms with Crippen LogP contribution in [0.3, 0.4) is 0 Å². The summed E-state index contributed by atoms with van der Waals surface area (Å²) >= 11 is 12.1. The van der Waals surface area contributed by atoms with Crippen molar-refractivity contribution in [3.63, 3.8) is 0 Å². The van der Waals surface area contributed by atoms with Crippen LogP contribution in [0.2, 0.25) is 10.0 Å². The van der Waals surface area contributed by atoms with E-state index in [0.717, 1.165) is 5.56 Å². The molecule has 1 aliphatic rings. The first kappa shape index (κ1) is 17.4. The lowest BCUT2D eigenvalue weighted by Gasteiger charge is -2.07. The van der Waals surface area contributed by atoms with E-state index in [-0.39, 0.29) is 28.9 Å². The summed E-state index contributed by atoms with van der Waals surface area (Å²) < 4.78 is 38.4. The largest absolute Gasteiger partial charge is 0.394 e. The normalized spacial score (nSPS) is 22.6. The van der Waals surface area contributed by atoms with Gasteiger partial charge in [-0.05, 0) is 35.1 Å². The number of benzene rings is 1. The smallest absolute Gasteiger partial charge is 0.369 e. The number of nitrogens with zero attached hydrogens (tertiary/aromatic N) is 1. The maximum Gasteiger partial charge on any atom is 0.394 e. The summed E-state index contributed by atoms with van der Waals surface area (Å²) in [5.74, 6) is -0.212. The SMILES string of the molecule is CC1(C)C(c2cc(Cl)cc(Cl)c2)C1c1nc(N)[nH]c1CC(F)(F)F. The highest BCUT2D eigenvalue weighted by Crippen LogP contribution is 2.70. The molecule has 0 amide bonds. The minimum Gasteiger partial charge on any atom is -0.369 e. The Hall–Kier alpha value is -1.40. The number of nitrogens with two attached hydrogens (primary N) is 1. The van der Waals surface area contributed by atoms with Crippen molar-refractivity contribution in [1.29, 1.82) is 0 Å². The molecule has 2 atom stereocenters. The second-order valence-electron chi connectivity index (χ2n) is 6.76. The molecule has 8 heteroatoms. The summed E-state index contributed by atoms with van der Waals surface area (Å²) in [7, 11) is 0. The number of hydrogen-bond acceptors (Lipinski definition) is 2. The van der Waals surface area contributed by atoms with Gasteiger partial charge < -0.3 is 10.7 Å². The van der Waals surface area contributed by atoms with Gasteiger partial charge in [0.1, 0.15) is 0 Å². The molecule has 0 aliphatic heterocycles. The summed E-state index contributed by atoms with van der Waals surface area (Å²) in [4.78, 5) is 6.68. The number of halogens is 5. The molecule has 0 bridgehead atoms. The summed E-state index contributed by atoms with van der Waals surface area (Å²) in [5.41, 5.74) is 6.62. The highest BCUT2D eigenvalue weighted by atomic mass is 35.5. The number of nitrogens with one attached hydrogen (secondary N) is 1. The molecule has 1 fully saturated rings. The molecule has 0 radical (unpaired) electrons. The number of nitrogen functional groups attached to an aromatic ring is 1. The maximum atomic E-state index is 12.8. The number of anilines is 1. The van der Waals surface area contributed by atoms with E-state index in [1.165, 1.54) is 0 Å². The molecular formula is C16H16Cl2F3N3. The Kier molecular flexibility index (Phi) is 4.04. The average Bonchev–Trinajstić information content (AvgIpc) is 2.77. The van der Waals surface area contributed by atoms with Gasteiger partial charge in [0.05, 0.1) is 12.1 Å². The molecule has 2 aromatic rings. The van der Waals surface area contributed by atoms with Crippen molar-refractivity contribution in [2.75, 3.05) is 5.73 Å². The van der Waals surface area contributed by atoms with Crippen LogP contribution in [-0.2, 0) is 6.42 Å². The zero-order chi connectivity index (χ0) is 17.9. The molecule has 1 aliphatic carbocycles. The number of rotatable bonds is 3. The fourth-order valence-corrected chi connectivity index (χ4v) is 4.10. The van der Waals surface area contributed by atoms with Crippen LogP contribution in [0.1, 0.15) is 42.6 Å². The Morgan fingerprint density at radius 2 is 1.75 bits per heavy atom. The zero-order valence-corrected chi connectivity index (χ0v) is 14.5. The summed E-state index contributed by atoms with van der Waals surface area (Å²) in [6, 6.07) is 5.21. The molecule has 0 saturated heterocycles. The van der Waals surface area contributed by atoms with Crippen molar-refractivity contribution >= 4 is 29.2 Å². The molecule has 24 heavy (non-hydrogen) atoms. The minimum atomic E-state index is -4.33. The van der Waals surface area contributed by atoms with Crippen LogP contribution in [0.5, 0.6) is 0 Å². The maximum absolute atomic E-state index is 12.8. The molecular weight excluding hydrogens is 362 g/mol. The van der Waals surface area contributed by atoms with Gasteiger partial charge in [0.15, 0.2) is 5.95 Å². The van der Waals surface area contributed by atoms with Crippen LogP contribution in [0.15, 0.2) is 18.2 Å². The molecule has 1 aromatic carbocycles. The first-order valence-electron chi connectivity index (χ1n) is 7.36. The van der Waals surface area contributed by atoms with Crippen LogP contribution in [0.4, 0.5) is 19.1 Å². The van der Waals surface area contributed by atoms with E-state index in [9.17, 15) is 13.2 Å². The third-order valence-electron chi connectivity index (χ3n) is 4.57. The molecule has 0 spiro atoms. The van der Waals surface area contributed by atoms with Crippen molar-refractivity contribution in [2.24, 2.45) is 5.41 Å². The third-order valence-corrected chi connectivity index (χ3v) is 5.01. The Bertz CT molecular complexity index is 763. The molecule has 3 N–H and O–H groups in total. The van der Waals surface area contributed by atoms with Gasteiger partial charge in [-0.15, -0.1) is 0 Å². The standard InChI is InChI=1S/C16H16Cl2F3N3/c1-15(2)11(7-3-8(17)5-9(18)4-7)12(15)13-10(6-16(19,20)21)23-14(22)24-13/h3-5,11-12H,6H2,1-2H3,(H3,22,23,24). The van der Waals surface area contributed by atoms with Crippen LogP contribution in [0, 0.1) is 5.41 Å². The van der Waals surface area contributed by atoms with Crippen molar-refractivity contribution in [2.45, 2.75) is 38.3 Å². The molecule has 1 saturated carbocycles. The fourth-order valence-electron chi connectivity index (χ4n) is 3.56.